The minimum absolute atomic E-state index is 0.225. The van der Waals surface area contributed by atoms with Crippen LogP contribution in [0.5, 0.6) is 5.75 Å². The Kier molecular flexibility index (Phi) is 5.05. The van der Waals surface area contributed by atoms with E-state index in [0.717, 1.165) is 5.69 Å². The standard InChI is InChI=1S/C16H14N4O3S2/c1-9-7-24-15(17-9)20-14(22)12-8-25-16(18-12)19-13(21)10-3-5-11(23-2)6-4-10/h3-8H,1-2H3,(H,17,20,22)(H,18,19,21). The van der Waals surface area contributed by atoms with Crippen LogP contribution in [0.3, 0.4) is 0 Å². The highest BCUT2D eigenvalue weighted by Crippen LogP contribution is 2.20. The summed E-state index contributed by atoms with van der Waals surface area (Å²) in [5.41, 5.74) is 1.54. The molecule has 25 heavy (non-hydrogen) atoms. The minimum atomic E-state index is -0.365. The molecule has 1 aromatic carbocycles. The molecular weight excluding hydrogens is 360 g/mol. The highest BCUT2D eigenvalue weighted by molar-refractivity contribution is 7.14. The number of benzene rings is 1. The van der Waals surface area contributed by atoms with Crippen molar-refractivity contribution in [1.82, 2.24) is 9.97 Å². The average molecular weight is 374 g/mol. The third-order valence-electron chi connectivity index (χ3n) is 3.15. The van der Waals surface area contributed by atoms with Gasteiger partial charge < -0.3 is 4.74 Å². The molecule has 0 spiro atoms. The molecule has 2 aromatic heterocycles. The fourth-order valence-electron chi connectivity index (χ4n) is 1.92. The maximum Gasteiger partial charge on any atom is 0.276 e. The number of carbonyl (C=O) groups excluding carboxylic acids is 2. The number of rotatable bonds is 5. The van der Waals surface area contributed by atoms with Gasteiger partial charge in [-0.1, -0.05) is 0 Å². The zero-order valence-electron chi connectivity index (χ0n) is 13.4. The predicted molar refractivity (Wildman–Crippen MR) is 97.9 cm³/mol. The third kappa shape index (κ3) is 4.20. The van der Waals surface area contributed by atoms with Crippen LogP contribution in [0.1, 0.15) is 26.5 Å². The van der Waals surface area contributed by atoms with Crippen LogP contribution in [0.25, 0.3) is 0 Å². The fourth-order valence-corrected chi connectivity index (χ4v) is 3.29. The summed E-state index contributed by atoms with van der Waals surface area (Å²) >= 11 is 2.52. The minimum Gasteiger partial charge on any atom is -0.497 e. The number of aromatic nitrogens is 2. The van der Waals surface area contributed by atoms with Crippen LogP contribution in [0.15, 0.2) is 35.0 Å². The number of hydrogen-bond acceptors (Lipinski definition) is 7. The quantitative estimate of drug-likeness (QED) is 0.714. The lowest BCUT2D eigenvalue weighted by molar-refractivity contribution is 0.101. The number of ether oxygens (including phenoxy) is 1. The van der Waals surface area contributed by atoms with Gasteiger partial charge in [-0.2, -0.15) is 0 Å². The lowest BCUT2D eigenvalue weighted by Crippen LogP contribution is -2.14. The van der Waals surface area contributed by atoms with E-state index in [1.54, 1.807) is 36.8 Å². The zero-order chi connectivity index (χ0) is 17.8. The van der Waals surface area contributed by atoms with Crippen LogP contribution >= 0.6 is 22.7 Å². The molecular formula is C16H14N4O3S2. The first-order valence-corrected chi connectivity index (χ1v) is 8.95. The average Bonchev–Trinajstić information content (AvgIpc) is 3.24. The van der Waals surface area contributed by atoms with E-state index in [4.69, 9.17) is 4.74 Å². The lowest BCUT2D eigenvalue weighted by atomic mass is 10.2. The monoisotopic (exact) mass is 374 g/mol. The Labute approximate surface area is 151 Å². The Balaban J connectivity index is 1.64. The summed E-state index contributed by atoms with van der Waals surface area (Å²) in [6.45, 7) is 1.85. The smallest absolute Gasteiger partial charge is 0.276 e. The zero-order valence-corrected chi connectivity index (χ0v) is 15.0. The molecule has 2 amide bonds. The molecule has 0 fully saturated rings. The normalized spacial score (nSPS) is 10.3. The van der Waals surface area contributed by atoms with Crippen molar-refractivity contribution < 1.29 is 14.3 Å². The van der Waals surface area contributed by atoms with E-state index in [9.17, 15) is 9.59 Å². The molecule has 9 heteroatoms. The van der Waals surface area contributed by atoms with Crippen LogP contribution < -0.4 is 15.4 Å². The van der Waals surface area contributed by atoms with Gasteiger partial charge in [0.1, 0.15) is 11.4 Å². The van der Waals surface area contributed by atoms with E-state index in [2.05, 4.69) is 20.6 Å². The van der Waals surface area contributed by atoms with Gasteiger partial charge in [0.05, 0.1) is 12.8 Å². The topological polar surface area (TPSA) is 93.2 Å². The summed E-state index contributed by atoms with van der Waals surface area (Å²) in [5.74, 6) is -0.00256. The summed E-state index contributed by atoms with van der Waals surface area (Å²) < 4.78 is 5.06. The molecule has 2 heterocycles. The molecule has 3 rings (SSSR count). The Hall–Kier alpha value is -2.78. The second kappa shape index (κ2) is 7.41. The van der Waals surface area contributed by atoms with E-state index in [1.165, 1.54) is 22.7 Å². The predicted octanol–water partition coefficient (Wildman–Crippen LogP) is 3.42. The molecule has 2 N–H and O–H groups in total. The number of amides is 2. The first kappa shape index (κ1) is 17.1. The van der Waals surface area contributed by atoms with Gasteiger partial charge >= 0.3 is 0 Å². The number of nitrogens with one attached hydrogen (secondary N) is 2. The highest BCUT2D eigenvalue weighted by atomic mass is 32.1. The van der Waals surface area contributed by atoms with Gasteiger partial charge in [0.2, 0.25) is 0 Å². The van der Waals surface area contributed by atoms with Gasteiger partial charge in [-0.15, -0.1) is 22.7 Å². The van der Waals surface area contributed by atoms with Crippen molar-refractivity contribution in [3.05, 3.63) is 52.0 Å². The number of aryl methyl sites for hydroxylation is 1. The van der Waals surface area contributed by atoms with Crippen LogP contribution in [-0.4, -0.2) is 28.9 Å². The number of carbonyl (C=O) groups is 2. The van der Waals surface area contributed by atoms with E-state index < -0.39 is 0 Å². The fraction of sp³-hybridized carbons (Fsp3) is 0.125. The van der Waals surface area contributed by atoms with Gasteiger partial charge in [-0.25, -0.2) is 9.97 Å². The largest absolute Gasteiger partial charge is 0.497 e. The van der Waals surface area contributed by atoms with Crippen LogP contribution in [0.2, 0.25) is 0 Å². The van der Waals surface area contributed by atoms with Crippen molar-refractivity contribution >= 4 is 44.8 Å². The summed E-state index contributed by atoms with van der Waals surface area (Å²) in [6.07, 6.45) is 0. The number of thiazole rings is 2. The van der Waals surface area contributed by atoms with Crippen LogP contribution in [-0.2, 0) is 0 Å². The number of methoxy groups -OCH3 is 1. The molecule has 0 bridgehead atoms. The van der Waals surface area contributed by atoms with Gasteiger partial charge in [0.15, 0.2) is 10.3 Å². The molecule has 128 valence electrons. The number of nitrogens with zero attached hydrogens (tertiary/aromatic N) is 2. The molecule has 0 aliphatic rings. The Morgan fingerprint density at radius 1 is 0.960 bits per heavy atom. The maximum absolute atomic E-state index is 12.2. The first-order chi connectivity index (χ1) is 12.0. The highest BCUT2D eigenvalue weighted by Gasteiger charge is 2.14. The molecule has 0 radical (unpaired) electrons. The first-order valence-electron chi connectivity index (χ1n) is 7.19. The van der Waals surface area contributed by atoms with E-state index in [1.807, 2.05) is 12.3 Å². The van der Waals surface area contributed by atoms with Crippen molar-refractivity contribution in [2.45, 2.75) is 6.92 Å². The Morgan fingerprint density at radius 3 is 2.24 bits per heavy atom. The maximum atomic E-state index is 12.2. The van der Waals surface area contributed by atoms with E-state index in [-0.39, 0.29) is 17.5 Å². The SMILES string of the molecule is COc1ccc(C(=O)Nc2nc(C(=O)Nc3nc(C)cs3)cs2)cc1. The summed E-state index contributed by atoms with van der Waals surface area (Å²) in [6, 6.07) is 6.71. The summed E-state index contributed by atoms with van der Waals surface area (Å²) in [7, 11) is 1.56. The molecule has 0 atom stereocenters. The van der Waals surface area contributed by atoms with Crippen LogP contribution in [0.4, 0.5) is 10.3 Å². The number of anilines is 2. The Morgan fingerprint density at radius 2 is 1.60 bits per heavy atom. The lowest BCUT2D eigenvalue weighted by Gasteiger charge is -2.03. The molecule has 0 saturated carbocycles. The molecule has 7 nitrogen and oxygen atoms in total. The Bertz CT molecular complexity index is 902. The van der Waals surface area contributed by atoms with Crippen molar-refractivity contribution in [3.63, 3.8) is 0 Å². The molecule has 0 aliphatic heterocycles. The van der Waals surface area contributed by atoms with E-state index in [0.29, 0.717) is 21.6 Å². The number of hydrogen-bond donors (Lipinski definition) is 2. The van der Waals surface area contributed by atoms with Gasteiger partial charge in [-0.05, 0) is 31.2 Å². The van der Waals surface area contributed by atoms with Gasteiger partial charge in [0.25, 0.3) is 11.8 Å². The van der Waals surface area contributed by atoms with Crippen molar-refractivity contribution in [2.75, 3.05) is 17.7 Å². The van der Waals surface area contributed by atoms with Crippen molar-refractivity contribution in [1.29, 1.82) is 0 Å². The molecule has 0 aliphatic carbocycles. The second-order valence-corrected chi connectivity index (χ2v) is 6.68. The van der Waals surface area contributed by atoms with E-state index >= 15 is 0 Å². The molecule has 3 aromatic rings. The van der Waals surface area contributed by atoms with Crippen molar-refractivity contribution in [2.24, 2.45) is 0 Å². The molecule has 0 saturated heterocycles. The third-order valence-corrected chi connectivity index (χ3v) is 4.78. The second-order valence-electron chi connectivity index (χ2n) is 4.97. The van der Waals surface area contributed by atoms with Crippen molar-refractivity contribution in [3.8, 4) is 5.75 Å². The van der Waals surface area contributed by atoms with Gasteiger partial charge in [0, 0.05) is 16.3 Å². The van der Waals surface area contributed by atoms with Crippen LogP contribution in [0, 0.1) is 6.92 Å². The summed E-state index contributed by atoms with van der Waals surface area (Å²) in [4.78, 5) is 32.6. The molecule has 0 unspecified atom stereocenters. The summed E-state index contributed by atoms with van der Waals surface area (Å²) in [5, 5.41) is 9.64. The van der Waals surface area contributed by atoms with Gasteiger partial charge in [-0.3, -0.25) is 20.2 Å².